The highest BCUT2D eigenvalue weighted by Gasteiger charge is 2.54. The minimum atomic E-state index is -0.931. The normalized spacial score (nSPS) is 37.9. The Balaban J connectivity index is 2.51. The summed E-state index contributed by atoms with van der Waals surface area (Å²) in [5.74, 6) is -0.233. The molecule has 3 atom stereocenters. The summed E-state index contributed by atoms with van der Waals surface area (Å²) < 4.78 is 5.63. The van der Waals surface area contributed by atoms with Crippen LogP contribution in [0.1, 0.15) is 66.7 Å². The minimum absolute atomic E-state index is 0.0682. The van der Waals surface area contributed by atoms with Gasteiger partial charge in [-0.1, -0.05) is 26.3 Å². The van der Waals surface area contributed by atoms with Gasteiger partial charge in [0, 0.05) is 6.92 Å². The van der Waals surface area contributed by atoms with Crippen LogP contribution in [0.2, 0.25) is 0 Å². The first-order valence-corrected chi connectivity index (χ1v) is 7.80. The molecule has 1 fully saturated rings. The van der Waals surface area contributed by atoms with E-state index in [-0.39, 0.29) is 17.3 Å². The van der Waals surface area contributed by atoms with Crippen LogP contribution in [0.3, 0.4) is 0 Å². The first-order valence-electron chi connectivity index (χ1n) is 7.80. The van der Waals surface area contributed by atoms with Crippen LogP contribution in [0, 0.1) is 11.3 Å². The molecule has 2 aliphatic carbocycles. The molecule has 0 heterocycles. The third-order valence-corrected chi connectivity index (χ3v) is 5.47. The van der Waals surface area contributed by atoms with E-state index in [4.69, 9.17) is 4.74 Å². The summed E-state index contributed by atoms with van der Waals surface area (Å²) in [5.41, 5.74) is 1.66. The zero-order valence-electron chi connectivity index (χ0n) is 13.5. The van der Waals surface area contributed by atoms with Crippen molar-refractivity contribution in [1.82, 2.24) is 0 Å². The highest BCUT2D eigenvalue weighted by Crippen LogP contribution is 2.54. The van der Waals surface area contributed by atoms with Crippen LogP contribution < -0.4 is 0 Å². The number of ether oxygens (including phenoxy) is 1. The Morgan fingerprint density at radius 1 is 1.35 bits per heavy atom. The Hall–Kier alpha value is -0.830. The average molecular weight is 280 g/mol. The van der Waals surface area contributed by atoms with Gasteiger partial charge < -0.3 is 9.84 Å². The van der Waals surface area contributed by atoms with Crippen LogP contribution in [-0.2, 0) is 9.53 Å². The molecule has 3 heteroatoms. The fourth-order valence-electron chi connectivity index (χ4n) is 4.10. The van der Waals surface area contributed by atoms with E-state index in [0.717, 1.165) is 19.3 Å². The maximum atomic E-state index is 11.6. The highest BCUT2D eigenvalue weighted by atomic mass is 16.6. The molecular weight excluding hydrogens is 252 g/mol. The summed E-state index contributed by atoms with van der Waals surface area (Å²) in [6.07, 6.45) is 4.59. The van der Waals surface area contributed by atoms with E-state index in [9.17, 15) is 9.90 Å². The lowest BCUT2D eigenvalue weighted by Gasteiger charge is -2.53. The standard InChI is InChI=1S/C17H28O3/c1-11(2)17(19)10-9-16(5)8-6-7-12(3)14(16)15(17)20-13(4)18/h11,15,19H,6-10H2,1-5H3/t15-,16+,17+/m0/s1. The summed E-state index contributed by atoms with van der Waals surface area (Å²) in [4.78, 5) is 11.6. The van der Waals surface area contributed by atoms with Gasteiger partial charge in [0.05, 0.1) is 0 Å². The van der Waals surface area contributed by atoms with E-state index in [1.54, 1.807) is 0 Å². The fraction of sp³-hybridized carbons (Fsp3) is 0.824. The van der Waals surface area contributed by atoms with Crippen molar-refractivity contribution in [3.05, 3.63) is 11.1 Å². The van der Waals surface area contributed by atoms with E-state index in [2.05, 4.69) is 13.8 Å². The van der Waals surface area contributed by atoms with Crippen LogP contribution in [0.5, 0.6) is 0 Å². The molecule has 0 bridgehead atoms. The van der Waals surface area contributed by atoms with Crippen LogP contribution in [-0.4, -0.2) is 22.8 Å². The topological polar surface area (TPSA) is 46.5 Å². The van der Waals surface area contributed by atoms with Gasteiger partial charge >= 0.3 is 5.97 Å². The highest BCUT2D eigenvalue weighted by molar-refractivity contribution is 5.67. The first-order chi connectivity index (χ1) is 9.20. The van der Waals surface area contributed by atoms with E-state index < -0.39 is 11.7 Å². The number of aliphatic hydroxyl groups is 1. The molecule has 0 unspecified atom stereocenters. The van der Waals surface area contributed by atoms with Crippen molar-refractivity contribution in [2.75, 3.05) is 0 Å². The summed E-state index contributed by atoms with van der Waals surface area (Å²) in [6.45, 7) is 9.86. The van der Waals surface area contributed by atoms with Gasteiger partial charge in [0.1, 0.15) is 5.60 Å². The number of fused-ring (bicyclic) bond motifs is 1. The molecule has 3 nitrogen and oxygen atoms in total. The summed E-state index contributed by atoms with van der Waals surface area (Å²) in [5, 5.41) is 11.1. The molecule has 0 radical (unpaired) electrons. The maximum Gasteiger partial charge on any atom is 0.303 e. The second-order valence-corrected chi connectivity index (χ2v) is 7.24. The molecule has 1 N–H and O–H groups in total. The molecule has 2 aliphatic rings. The number of carbonyl (C=O) groups excluding carboxylic acids is 1. The molecular formula is C17H28O3. The van der Waals surface area contributed by atoms with E-state index in [1.165, 1.54) is 24.5 Å². The Morgan fingerprint density at radius 3 is 2.55 bits per heavy atom. The molecule has 0 aromatic rings. The van der Waals surface area contributed by atoms with Gasteiger partial charge in [-0.3, -0.25) is 4.79 Å². The summed E-state index contributed by atoms with van der Waals surface area (Å²) in [7, 11) is 0. The van der Waals surface area contributed by atoms with Crippen LogP contribution >= 0.6 is 0 Å². The zero-order chi connectivity index (χ0) is 15.1. The monoisotopic (exact) mass is 280 g/mol. The van der Waals surface area contributed by atoms with Gasteiger partial charge in [0.2, 0.25) is 0 Å². The Labute approximate surface area is 122 Å². The number of esters is 1. The number of rotatable bonds is 2. The molecule has 0 saturated heterocycles. The van der Waals surface area contributed by atoms with Crippen LogP contribution in [0.4, 0.5) is 0 Å². The second kappa shape index (κ2) is 5.18. The molecule has 20 heavy (non-hydrogen) atoms. The summed E-state index contributed by atoms with van der Waals surface area (Å²) in [6, 6.07) is 0. The van der Waals surface area contributed by atoms with Crippen molar-refractivity contribution in [2.45, 2.75) is 78.4 Å². The minimum Gasteiger partial charge on any atom is -0.455 e. The van der Waals surface area contributed by atoms with Crippen molar-refractivity contribution in [2.24, 2.45) is 11.3 Å². The number of carbonyl (C=O) groups is 1. The lowest BCUT2D eigenvalue weighted by atomic mass is 9.57. The van der Waals surface area contributed by atoms with E-state index in [0.29, 0.717) is 6.42 Å². The third kappa shape index (κ3) is 2.41. The van der Waals surface area contributed by atoms with Crippen molar-refractivity contribution in [1.29, 1.82) is 0 Å². The summed E-state index contributed by atoms with van der Waals surface area (Å²) >= 11 is 0. The van der Waals surface area contributed by atoms with Gasteiger partial charge in [0.15, 0.2) is 6.10 Å². The van der Waals surface area contributed by atoms with Gasteiger partial charge in [-0.05, 0) is 55.9 Å². The molecule has 0 amide bonds. The maximum absolute atomic E-state index is 11.6. The SMILES string of the molecule is CC(=O)O[C@H]1C2=C(C)CCC[C@]2(C)CC[C@@]1(O)C(C)C. The Bertz CT molecular complexity index is 438. The molecule has 0 aromatic heterocycles. The van der Waals surface area contributed by atoms with E-state index >= 15 is 0 Å². The lowest BCUT2D eigenvalue weighted by Crippen LogP contribution is -2.57. The fourth-order valence-corrected chi connectivity index (χ4v) is 4.10. The van der Waals surface area contributed by atoms with Crippen LogP contribution in [0.15, 0.2) is 11.1 Å². The van der Waals surface area contributed by atoms with Gasteiger partial charge in [-0.15, -0.1) is 0 Å². The van der Waals surface area contributed by atoms with Crippen molar-refractivity contribution in [3.8, 4) is 0 Å². The van der Waals surface area contributed by atoms with E-state index in [1.807, 2.05) is 13.8 Å². The number of allylic oxidation sites excluding steroid dienone is 1. The van der Waals surface area contributed by atoms with Crippen molar-refractivity contribution < 1.29 is 14.6 Å². The molecule has 2 rings (SSSR count). The lowest BCUT2D eigenvalue weighted by molar-refractivity contribution is -0.174. The number of hydrogen-bond acceptors (Lipinski definition) is 3. The van der Waals surface area contributed by atoms with Crippen molar-refractivity contribution >= 4 is 5.97 Å². The first kappa shape index (κ1) is 15.6. The van der Waals surface area contributed by atoms with Gasteiger partial charge in [-0.25, -0.2) is 0 Å². The molecule has 1 saturated carbocycles. The molecule has 0 aliphatic heterocycles. The largest absolute Gasteiger partial charge is 0.455 e. The van der Waals surface area contributed by atoms with Gasteiger partial charge in [0.25, 0.3) is 0 Å². The zero-order valence-corrected chi connectivity index (χ0v) is 13.5. The number of hydrogen-bond donors (Lipinski definition) is 1. The van der Waals surface area contributed by atoms with Crippen molar-refractivity contribution in [3.63, 3.8) is 0 Å². The molecule has 114 valence electrons. The quantitative estimate of drug-likeness (QED) is 0.621. The Morgan fingerprint density at radius 2 is 2.00 bits per heavy atom. The average Bonchev–Trinajstić information content (AvgIpc) is 2.33. The predicted molar refractivity (Wildman–Crippen MR) is 79.2 cm³/mol. The molecule has 0 aromatic carbocycles. The van der Waals surface area contributed by atoms with Crippen LogP contribution in [0.25, 0.3) is 0 Å². The van der Waals surface area contributed by atoms with Gasteiger partial charge in [-0.2, -0.15) is 0 Å². The second-order valence-electron chi connectivity index (χ2n) is 7.24. The molecule has 0 spiro atoms. The third-order valence-electron chi connectivity index (χ3n) is 5.47. The smallest absolute Gasteiger partial charge is 0.303 e. The Kier molecular flexibility index (Phi) is 4.03. The predicted octanol–water partition coefficient (Wildman–Crippen LogP) is 3.61.